The van der Waals surface area contributed by atoms with Gasteiger partial charge in [-0.15, -0.1) is 0 Å². The summed E-state index contributed by atoms with van der Waals surface area (Å²) in [6.45, 7) is 2.10. The van der Waals surface area contributed by atoms with Crippen LogP contribution in [0.5, 0.6) is 5.75 Å². The molecule has 0 radical (unpaired) electrons. The highest BCUT2D eigenvalue weighted by atomic mass is 19.4. The van der Waals surface area contributed by atoms with Gasteiger partial charge in [-0.25, -0.2) is 0 Å². The van der Waals surface area contributed by atoms with E-state index >= 15 is 0 Å². The molecule has 0 aliphatic carbocycles. The van der Waals surface area contributed by atoms with Crippen LogP contribution in [0.4, 0.5) is 18.9 Å². The Morgan fingerprint density at radius 3 is 2.35 bits per heavy atom. The number of fused-ring (bicyclic) bond motifs is 1. The summed E-state index contributed by atoms with van der Waals surface area (Å²) in [4.78, 5) is 15.4. The molecule has 1 aliphatic rings. The van der Waals surface area contributed by atoms with Crippen LogP contribution in [0.25, 0.3) is 11.1 Å². The average Bonchev–Trinajstić information content (AvgIpc) is 2.92. The Morgan fingerprint density at radius 1 is 0.865 bits per heavy atom. The highest BCUT2D eigenvalue weighted by molar-refractivity contribution is 6.08. The molecule has 4 aromatic carbocycles. The minimum absolute atomic E-state index is 0.316. The maximum absolute atomic E-state index is 13.2. The second-order valence-corrected chi connectivity index (χ2v) is 8.95. The molecule has 0 spiro atoms. The highest BCUT2D eigenvalue weighted by Gasteiger charge is 2.30. The number of nitrogens with one attached hydrogen (secondary N) is 1. The van der Waals surface area contributed by atoms with Crippen molar-refractivity contribution in [2.24, 2.45) is 0 Å². The van der Waals surface area contributed by atoms with Gasteiger partial charge in [-0.2, -0.15) is 13.2 Å². The molecule has 1 heterocycles. The van der Waals surface area contributed by atoms with Crippen molar-refractivity contribution in [3.63, 3.8) is 0 Å². The minimum Gasteiger partial charge on any atom is -0.478 e. The van der Waals surface area contributed by atoms with Gasteiger partial charge < -0.3 is 10.1 Å². The predicted octanol–water partition coefficient (Wildman–Crippen LogP) is 7.02. The monoisotopic (exact) mass is 502 g/mol. The fourth-order valence-corrected chi connectivity index (χ4v) is 4.45. The number of ether oxygens (including phenoxy) is 1. The van der Waals surface area contributed by atoms with Crippen LogP contribution in [-0.4, -0.2) is 24.1 Å². The fraction of sp³-hybridized carbons (Fsp3) is 0.167. The summed E-state index contributed by atoms with van der Waals surface area (Å²) in [6.07, 6.45) is -3.58. The Kier molecular flexibility index (Phi) is 6.97. The van der Waals surface area contributed by atoms with Gasteiger partial charge in [0.15, 0.2) is 0 Å². The van der Waals surface area contributed by atoms with Gasteiger partial charge in [0.2, 0.25) is 0 Å². The van der Waals surface area contributed by atoms with E-state index in [9.17, 15) is 18.0 Å². The number of hydrogen-bond donors (Lipinski definition) is 1. The molecule has 5 rings (SSSR count). The smallest absolute Gasteiger partial charge is 0.416 e. The van der Waals surface area contributed by atoms with Gasteiger partial charge >= 0.3 is 6.18 Å². The topological polar surface area (TPSA) is 41.6 Å². The second-order valence-electron chi connectivity index (χ2n) is 8.95. The molecule has 0 saturated carbocycles. The van der Waals surface area contributed by atoms with Crippen LogP contribution in [-0.2, 0) is 19.1 Å². The number of amides is 1. The molecule has 188 valence electrons. The zero-order chi connectivity index (χ0) is 25.8. The van der Waals surface area contributed by atoms with Crippen molar-refractivity contribution in [1.29, 1.82) is 0 Å². The summed E-state index contributed by atoms with van der Waals surface area (Å²) in [5.41, 5.74) is 3.82. The van der Waals surface area contributed by atoms with E-state index in [2.05, 4.69) is 10.2 Å². The molecule has 4 aromatic rings. The Balaban J connectivity index is 1.27. The van der Waals surface area contributed by atoms with Crippen molar-refractivity contribution >= 4 is 11.6 Å². The van der Waals surface area contributed by atoms with Crippen molar-refractivity contribution in [1.82, 2.24) is 4.90 Å². The summed E-state index contributed by atoms with van der Waals surface area (Å²) < 4.78 is 44.7. The molecule has 0 saturated heterocycles. The number of hydrogen-bond acceptors (Lipinski definition) is 3. The third-order valence-electron chi connectivity index (χ3n) is 6.41. The van der Waals surface area contributed by atoms with Gasteiger partial charge in [-0.05, 0) is 71.1 Å². The van der Waals surface area contributed by atoms with Gasteiger partial charge in [0.05, 0.1) is 5.56 Å². The molecule has 1 amide bonds. The number of benzene rings is 4. The molecule has 0 atom stereocenters. The maximum Gasteiger partial charge on any atom is 0.416 e. The summed E-state index contributed by atoms with van der Waals surface area (Å²) in [5, 5.41) is 2.95. The van der Waals surface area contributed by atoms with Gasteiger partial charge in [-0.3, -0.25) is 9.69 Å². The summed E-state index contributed by atoms with van der Waals surface area (Å²) in [7, 11) is 0. The molecule has 0 fully saturated rings. The van der Waals surface area contributed by atoms with Crippen LogP contribution in [0, 0.1) is 0 Å². The molecule has 37 heavy (non-hydrogen) atoms. The van der Waals surface area contributed by atoms with Crippen molar-refractivity contribution in [2.45, 2.75) is 19.1 Å². The predicted molar refractivity (Wildman–Crippen MR) is 137 cm³/mol. The standard InChI is InChI=1S/C30H25F3N2O2/c31-30(32,33)24-13-10-21(11-14-24)27-8-4-5-9-28(27)29(36)34-25-15-12-23-19-35(17-16-22(23)18-25)20-37-26-6-2-1-3-7-26/h1-15,18H,16-17,19-20H2,(H,34,36). The maximum atomic E-state index is 13.2. The first kappa shape index (κ1) is 24.6. The van der Waals surface area contributed by atoms with Crippen molar-refractivity contribution < 1.29 is 22.7 Å². The zero-order valence-corrected chi connectivity index (χ0v) is 20.0. The summed E-state index contributed by atoms with van der Waals surface area (Å²) >= 11 is 0. The van der Waals surface area contributed by atoms with E-state index in [0.717, 1.165) is 37.4 Å². The quantitative estimate of drug-likeness (QED) is 0.308. The number of carbonyl (C=O) groups excluding carboxylic acids is 1. The number of alkyl halides is 3. The number of anilines is 1. The largest absolute Gasteiger partial charge is 0.478 e. The average molecular weight is 503 g/mol. The van der Waals surface area contributed by atoms with Crippen LogP contribution in [0.3, 0.4) is 0 Å². The normalized spacial score (nSPS) is 13.6. The lowest BCUT2D eigenvalue weighted by atomic mass is 9.97. The van der Waals surface area contributed by atoms with Gasteiger partial charge in [-0.1, -0.05) is 54.6 Å². The Bertz CT molecular complexity index is 1390. The van der Waals surface area contributed by atoms with Crippen molar-refractivity contribution in [3.05, 3.63) is 119 Å². The molecule has 4 nitrogen and oxygen atoms in total. The Hall–Kier alpha value is -4.10. The van der Waals surface area contributed by atoms with E-state index in [4.69, 9.17) is 4.74 Å². The number of rotatable bonds is 6. The third-order valence-corrected chi connectivity index (χ3v) is 6.41. The van der Waals surface area contributed by atoms with E-state index in [-0.39, 0.29) is 5.91 Å². The SMILES string of the molecule is O=C(Nc1ccc2c(c1)CCN(COc1ccccc1)C2)c1ccccc1-c1ccc(C(F)(F)F)cc1. The number of nitrogens with zero attached hydrogens (tertiary/aromatic N) is 1. The van der Waals surface area contributed by atoms with Crippen LogP contribution in [0.15, 0.2) is 97.1 Å². The number of halogens is 3. The van der Waals surface area contributed by atoms with Crippen molar-refractivity contribution in [3.8, 4) is 16.9 Å². The molecular weight excluding hydrogens is 477 g/mol. The second kappa shape index (κ2) is 10.5. The first-order valence-corrected chi connectivity index (χ1v) is 12.0. The Morgan fingerprint density at radius 2 is 1.59 bits per heavy atom. The lowest BCUT2D eigenvalue weighted by Crippen LogP contribution is -2.33. The zero-order valence-electron chi connectivity index (χ0n) is 20.0. The molecule has 0 bridgehead atoms. The highest BCUT2D eigenvalue weighted by Crippen LogP contribution is 2.32. The van der Waals surface area contributed by atoms with Crippen molar-refractivity contribution in [2.75, 3.05) is 18.6 Å². The van der Waals surface area contributed by atoms with E-state index < -0.39 is 11.7 Å². The Labute approximate surface area is 213 Å². The molecular formula is C30H25F3N2O2. The van der Waals surface area contributed by atoms with Crippen LogP contribution in [0.2, 0.25) is 0 Å². The molecule has 0 aromatic heterocycles. The molecule has 7 heteroatoms. The molecule has 1 aliphatic heterocycles. The van der Waals surface area contributed by atoms with E-state index in [1.165, 1.54) is 23.3 Å². The van der Waals surface area contributed by atoms with Crippen LogP contribution in [0.1, 0.15) is 27.0 Å². The molecule has 0 unspecified atom stereocenters. The summed E-state index contributed by atoms with van der Waals surface area (Å²) in [5.74, 6) is 0.520. The summed E-state index contributed by atoms with van der Waals surface area (Å²) in [6, 6.07) is 27.3. The molecule has 1 N–H and O–H groups in total. The minimum atomic E-state index is -4.41. The lowest BCUT2D eigenvalue weighted by Gasteiger charge is -2.29. The third kappa shape index (κ3) is 5.84. The van der Waals surface area contributed by atoms with E-state index in [1.54, 1.807) is 24.3 Å². The van der Waals surface area contributed by atoms with Crippen LogP contribution < -0.4 is 10.1 Å². The van der Waals surface area contributed by atoms with Gasteiger partial charge in [0.1, 0.15) is 12.5 Å². The first-order valence-electron chi connectivity index (χ1n) is 12.0. The van der Waals surface area contributed by atoms with E-state index in [0.29, 0.717) is 29.1 Å². The van der Waals surface area contributed by atoms with Gasteiger partial charge in [0, 0.05) is 24.3 Å². The lowest BCUT2D eigenvalue weighted by molar-refractivity contribution is -0.137. The fourth-order valence-electron chi connectivity index (χ4n) is 4.45. The van der Waals surface area contributed by atoms with E-state index in [1.807, 2.05) is 48.5 Å². The van der Waals surface area contributed by atoms with Gasteiger partial charge in [0.25, 0.3) is 5.91 Å². The van der Waals surface area contributed by atoms with Crippen LogP contribution >= 0.6 is 0 Å². The first-order chi connectivity index (χ1) is 17.9. The number of para-hydroxylation sites is 1. The number of carbonyl (C=O) groups is 1.